The van der Waals surface area contributed by atoms with Crippen molar-refractivity contribution in [1.82, 2.24) is 0 Å². The molecule has 1 aliphatic rings. The van der Waals surface area contributed by atoms with Crippen molar-refractivity contribution in [2.24, 2.45) is 0 Å². The number of hydrogen-bond acceptors (Lipinski definition) is 3. The quantitative estimate of drug-likeness (QED) is 0.917. The fourth-order valence-corrected chi connectivity index (χ4v) is 3.06. The first-order chi connectivity index (χ1) is 11.3. The van der Waals surface area contributed by atoms with Gasteiger partial charge in [0, 0.05) is 5.69 Å². The number of carbonyl (C=O) groups excluding carboxylic acids is 1. The van der Waals surface area contributed by atoms with Crippen LogP contribution in [0.1, 0.15) is 36.1 Å². The summed E-state index contributed by atoms with van der Waals surface area (Å²) >= 11 is 0. The topological polar surface area (TPSA) is 47.6 Å². The molecule has 0 saturated carbocycles. The Hall–Kier alpha value is -2.49. The second-order valence-corrected chi connectivity index (χ2v) is 6.92. The Balaban J connectivity index is 1.89. The lowest BCUT2D eigenvalue weighted by atomic mass is 9.83. The van der Waals surface area contributed by atoms with Gasteiger partial charge in [-0.2, -0.15) is 0 Å². The highest BCUT2D eigenvalue weighted by Gasteiger charge is 2.32. The standard InChI is InChI=1S/C20H23NO3/c1-12-8-13(2)18(14(3)9-12)21-19(22)20(4,5)15-6-7-16-17(10-15)24-11-23-16/h6-10H,11H2,1-5H3,(H,21,22). The van der Waals surface area contributed by atoms with Crippen LogP contribution in [0.25, 0.3) is 0 Å². The number of aryl methyl sites for hydroxylation is 3. The number of amides is 1. The van der Waals surface area contributed by atoms with E-state index in [0.717, 1.165) is 28.1 Å². The van der Waals surface area contributed by atoms with Gasteiger partial charge in [-0.05, 0) is 63.4 Å². The average molecular weight is 325 g/mol. The van der Waals surface area contributed by atoms with Crippen LogP contribution in [0.15, 0.2) is 30.3 Å². The summed E-state index contributed by atoms with van der Waals surface area (Å²) in [7, 11) is 0. The predicted molar refractivity (Wildman–Crippen MR) is 94.9 cm³/mol. The first kappa shape index (κ1) is 16.4. The van der Waals surface area contributed by atoms with Crippen molar-refractivity contribution in [3.05, 3.63) is 52.6 Å². The Kier molecular flexibility index (Phi) is 3.99. The molecule has 1 N–H and O–H groups in total. The summed E-state index contributed by atoms with van der Waals surface area (Å²) in [6.07, 6.45) is 0. The fraction of sp³-hybridized carbons (Fsp3) is 0.350. The van der Waals surface area contributed by atoms with Crippen LogP contribution >= 0.6 is 0 Å². The molecular weight excluding hydrogens is 302 g/mol. The smallest absolute Gasteiger partial charge is 0.234 e. The molecule has 0 fully saturated rings. The van der Waals surface area contributed by atoms with Gasteiger partial charge in [0.05, 0.1) is 5.41 Å². The zero-order valence-corrected chi connectivity index (χ0v) is 14.8. The lowest BCUT2D eigenvalue weighted by Crippen LogP contribution is -2.35. The second kappa shape index (κ2) is 5.86. The van der Waals surface area contributed by atoms with E-state index in [9.17, 15) is 4.79 Å². The van der Waals surface area contributed by atoms with E-state index in [1.807, 2.05) is 45.9 Å². The van der Waals surface area contributed by atoms with E-state index in [1.54, 1.807) is 0 Å². The van der Waals surface area contributed by atoms with Crippen molar-refractivity contribution in [3.63, 3.8) is 0 Å². The Morgan fingerprint density at radius 1 is 1.00 bits per heavy atom. The molecule has 24 heavy (non-hydrogen) atoms. The highest BCUT2D eigenvalue weighted by Crippen LogP contribution is 2.37. The third kappa shape index (κ3) is 2.84. The maximum Gasteiger partial charge on any atom is 0.234 e. The molecule has 1 heterocycles. The van der Waals surface area contributed by atoms with Gasteiger partial charge >= 0.3 is 0 Å². The van der Waals surface area contributed by atoms with Crippen LogP contribution in [0, 0.1) is 20.8 Å². The molecule has 4 nitrogen and oxygen atoms in total. The van der Waals surface area contributed by atoms with Gasteiger partial charge in [0.15, 0.2) is 11.5 Å². The van der Waals surface area contributed by atoms with Crippen molar-refractivity contribution < 1.29 is 14.3 Å². The predicted octanol–water partition coefficient (Wildman–Crippen LogP) is 4.26. The zero-order chi connectivity index (χ0) is 17.5. The van der Waals surface area contributed by atoms with E-state index in [-0.39, 0.29) is 12.7 Å². The highest BCUT2D eigenvalue weighted by atomic mass is 16.7. The molecular formula is C20H23NO3. The minimum absolute atomic E-state index is 0.0450. The average Bonchev–Trinajstić information content (AvgIpc) is 2.97. The molecule has 1 amide bonds. The molecule has 0 saturated heterocycles. The Morgan fingerprint density at radius 2 is 1.62 bits per heavy atom. The van der Waals surface area contributed by atoms with E-state index in [2.05, 4.69) is 24.4 Å². The monoisotopic (exact) mass is 325 g/mol. The number of nitrogens with one attached hydrogen (secondary N) is 1. The van der Waals surface area contributed by atoms with Crippen LogP contribution in [0.2, 0.25) is 0 Å². The molecule has 1 aliphatic heterocycles. The van der Waals surface area contributed by atoms with Crippen molar-refractivity contribution in [2.75, 3.05) is 12.1 Å². The van der Waals surface area contributed by atoms with Crippen LogP contribution in [0.4, 0.5) is 5.69 Å². The number of anilines is 1. The highest BCUT2D eigenvalue weighted by molar-refractivity contribution is 5.99. The number of rotatable bonds is 3. The van der Waals surface area contributed by atoms with Crippen molar-refractivity contribution in [3.8, 4) is 11.5 Å². The van der Waals surface area contributed by atoms with Gasteiger partial charge in [0.1, 0.15) is 0 Å². The lowest BCUT2D eigenvalue weighted by Gasteiger charge is -2.25. The Labute approximate surface area is 142 Å². The van der Waals surface area contributed by atoms with E-state index >= 15 is 0 Å². The lowest BCUT2D eigenvalue weighted by molar-refractivity contribution is -0.120. The maximum absolute atomic E-state index is 12.9. The van der Waals surface area contributed by atoms with Crippen LogP contribution < -0.4 is 14.8 Å². The number of carbonyl (C=O) groups is 1. The molecule has 0 aromatic heterocycles. The summed E-state index contributed by atoms with van der Waals surface area (Å²) in [6.45, 7) is 10.2. The third-order valence-corrected chi connectivity index (χ3v) is 4.58. The van der Waals surface area contributed by atoms with Gasteiger partial charge in [-0.25, -0.2) is 0 Å². The second-order valence-electron chi connectivity index (χ2n) is 6.92. The van der Waals surface area contributed by atoms with E-state index in [4.69, 9.17) is 9.47 Å². The summed E-state index contributed by atoms with van der Waals surface area (Å²) in [5, 5.41) is 3.10. The number of benzene rings is 2. The molecule has 2 aromatic carbocycles. The normalized spacial score (nSPS) is 13.0. The molecule has 0 spiro atoms. The van der Waals surface area contributed by atoms with Crippen molar-refractivity contribution in [1.29, 1.82) is 0 Å². The van der Waals surface area contributed by atoms with Gasteiger partial charge in [0.25, 0.3) is 0 Å². The Bertz CT molecular complexity index is 786. The van der Waals surface area contributed by atoms with Crippen LogP contribution in [0.5, 0.6) is 11.5 Å². The number of ether oxygens (including phenoxy) is 2. The molecule has 4 heteroatoms. The molecule has 0 radical (unpaired) electrons. The van der Waals surface area contributed by atoms with Crippen molar-refractivity contribution >= 4 is 11.6 Å². The minimum Gasteiger partial charge on any atom is -0.454 e. The van der Waals surface area contributed by atoms with Crippen LogP contribution in [0.3, 0.4) is 0 Å². The summed E-state index contributed by atoms with van der Waals surface area (Å²) in [5.41, 5.74) is 4.43. The van der Waals surface area contributed by atoms with Crippen LogP contribution in [-0.2, 0) is 10.2 Å². The molecule has 0 unspecified atom stereocenters. The molecule has 126 valence electrons. The summed E-state index contributed by atoms with van der Waals surface area (Å²) in [6, 6.07) is 9.82. The van der Waals surface area contributed by atoms with Gasteiger partial charge in [-0.3, -0.25) is 4.79 Å². The minimum atomic E-state index is -0.690. The van der Waals surface area contributed by atoms with Gasteiger partial charge in [-0.15, -0.1) is 0 Å². The number of fused-ring (bicyclic) bond motifs is 1. The fourth-order valence-electron chi connectivity index (χ4n) is 3.06. The zero-order valence-electron chi connectivity index (χ0n) is 14.8. The first-order valence-corrected chi connectivity index (χ1v) is 8.08. The largest absolute Gasteiger partial charge is 0.454 e. The molecule has 0 aliphatic carbocycles. The SMILES string of the molecule is Cc1cc(C)c(NC(=O)C(C)(C)c2ccc3c(c2)OCO3)c(C)c1. The first-order valence-electron chi connectivity index (χ1n) is 8.08. The number of hydrogen-bond donors (Lipinski definition) is 1. The van der Waals surface area contributed by atoms with Gasteiger partial charge in [-0.1, -0.05) is 23.8 Å². The van der Waals surface area contributed by atoms with E-state index in [1.165, 1.54) is 5.56 Å². The van der Waals surface area contributed by atoms with Gasteiger partial charge in [0.2, 0.25) is 12.7 Å². The molecule has 0 bridgehead atoms. The maximum atomic E-state index is 12.9. The van der Waals surface area contributed by atoms with E-state index < -0.39 is 5.41 Å². The van der Waals surface area contributed by atoms with E-state index in [0.29, 0.717) is 5.75 Å². The molecule has 0 atom stereocenters. The summed E-state index contributed by atoms with van der Waals surface area (Å²) in [4.78, 5) is 12.9. The summed E-state index contributed by atoms with van der Waals surface area (Å²) in [5.74, 6) is 1.37. The molecule has 3 rings (SSSR count). The van der Waals surface area contributed by atoms with Crippen molar-refractivity contribution in [2.45, 2.75) is 40.0 Å². The van der Waals surface area contributed by atoms with Gasteiger partial charge < -0.3 is 14.8 Å². The van der Waals surface area contributed by atoms with Crippen LogP contribution in [-0.4, -0.2) is 12.7 Å². The molecule has 2 aromatic rings. The summed E-state index contributed by atoms with van der Waals surface area (Å²) < 4.78 is 10.8. The third-order valence-electron chi connectivity index (χ3n) is 4.58. The Morgan fingerprint density at radius 3 is 2.29 bits per heavy atom.